The van der Waals surface area contributed by atoms with E-state index in [1.807, 2.05) is 43.3 Å². The molecule has 11 rings (SSSR count). The van der Waals surface area contributed by atoms with Crippen molar-refractivity contribution in [3.05, 3.63) is 141 Å². The van der Waals surface area contributed by atoms with Gasteiger partial charge in [0, 0.05) is 134 Å². The molecule has 2 fully saturated rings. The number of aromatic nitrogens is 5. The Morgan fingerprint density at radius 2 is 1.64 bits per heavy atom. The van der Waals surface area contributed by atoms with Gasteiger partial charge in [0.2, 0.25) is 12.3 Å². The topological polar surface area (TPSA) is 211 Å². The number of aliphatic hydroxyl groups is 1. The molecule has 3 N–H and O–H groups in total. The largest absolute Gasteiger partial charge is 0.392 e. The second kappa shape index (κ2) is 20.0. The van der Waals surface area contributed by atoms with Crippen LogP contribution in [0.3, 0.4) is 0 Å². The predicted molar refractivity (Wildman–Crippen MR) is 294 cm³/mol. The molecular weight excluding hydrogens is 977 g/mol. The van der Waals surface area contributed by atoms with E-state index in [0.717, 1.165) is 62.4 Å². The van der Waals surface area contributed by atoms with Gasteiger partial charge in [0.1, 0.15) is 11.5 Å². The number of benzene rings is 2. The first kappa shape index (κ1) is 50.8. The second-order valence-electron chi connectivity index (χ2n) is 21.8. The molecule has 1 aliphatic carbocycles. The number of carbonyl (C=O) groups is 5. The Hall–Kier alpha value is -8.29. The molecule has 4 aliphatic heterocycles. The van der Waals surface area contributed by atoms with Gasteiger partial charge in [-0.1, -0.05) is 13.8 Å². The number of hydrogen-bond acceptors (Lipinski definition) is 14. The lowest BCUT2D eigenvalue weighted by Crippen LogP contribution is -2.58. The number of aryl methyl sites for hydroxylation is 2. The Balaban J connectivity index is 0.794. The number of amides is 5. The van der Waals surface area contributed by atoms with Crippen molar-refractivity contribution < 1.29 is 29.1 Å². The third-order valence-corrected chi connectivity index (χ3v) is 16.0. The van der Waals surface area contributed by atoms with Crippen molar-refractivity contribution in [1.82, 2.24) is 34.3 Å². The third-order valence-electron chi connectivity index (χ3n) is 16.0. The summed E-state index contributed by atoms with van der Waals surface area (Å²) in [6.07, 6.45) is 11.7. The van der Waals surface area contributed by atoms with Gasteiger partial charge in [0.25, 0.3) is 23.3 Å². The number of nitrogens with zero attached hydrogens (tertiary/aromatic N) is 10. The van der Waals surface area contributed by atoms with Crippen molar-refractivity contribution in [2.24, 2.45) is 12.5 Å². The maximum Gasteiger partial charge on any atom is 0.293 e. The summed E-state index contributed by atoms with van der Waals surface area (Å²) in [6, 6.07) is 18.9. The molecule has 8 heterocycles. The number of anilines is 6. The van der Waals surface area contributed by atoms with Crippen LogP contribution in [0.5, 0.6) is 0 Å². The third kappa shape index (κ3) is 9.36. The minimum absolute atomic E-state index is 0.0164. The van der Waals surface area contributed by atoms with Crippen LogP contribution in [0, 0.1) is 12.3 Å². The zero-order valence-electron chi connectivity index (χ0n) is 44.1. The van der Waals surface area contributed by atoms with Gasteiger partial charge in [0.15, 0.2) is 5.82 Å². The molecule has 3 atom stereocenters. The fraction of sp³-hybridized carbons (Fsp3) is 0.362. The summed E-state index contributed by atoms with van der Waals surface area (Å²) in [5.74, 6) is -1.08. The molecule has 6 aromatic rings. The van der Waals surface area contributed by atoms with Crippen LogP contribution < -0.4 is 35.8 Å². The van der Waals surface area contributed by atoms with E-state index in [0.29, 0.717) is 88.5 Å². The number of rotatable bonds is 12. The zero-order valence-corrected chi connectivity index (χ0v) is 44.1. The highest BCUT2D eigenvalue weighted by Crippen LogP contribution is 2.41. The number of nitrogens with one attached hydrogen (secondary N) is 2. The molecule has 0 saturated carbocycles. The Kier molecular flexibility index (Phi) is 13.2. The van der Waals surface area contributed by atoms with Crippen molar-refractivity contribution in [1.29, 1.82) is 0 Å². The average Bonchev–Trinajstić information content (AvgIpc) is 4.20. The molecule has 19 heteroatoms. The van der Waals surface area contributed by atoms with E-state index in [1.54, 1.807) is 60.9 Å². The molecule has 19 nitrogen and oxygen atoms in total. The van der Waals surface area contributed by atoms with Crippen molar-refractivity contribution in [2.75, 3.05) is 57.6 Å². The van der Waals surface area contributed by atoms with Gasteiger partial charge in [-0.3, -0.25) is 48.9 Å². The maximum absolute atomic E-state index is 14.1. The standard InChI is InChI=1S/C58H62N12O7/c1-34-23-42(13-16-59-34)70-54(74)44-10-9-41(27-45(44)55(70)75)66-18-15-40(24-35(66)2)65-19-20-67(36(3)30-65)48-11-8-39(25-37(48)7-12-51(73)61-33-72)62-52-57(77)64(6)31-47(63-52)43-14-17-60-53(46(43)32-71)69-22-21-68-49(56(69)76)26-38-28-58(4,5)29-50(38)68/h7-14,16-17,23,25-27,31,33,35-36,40,71H,15,18-22,24,28-30,32H2,1-6H3,(H,62,63)(H,61,72,73)/t35-,36+,40?/m1/s1. The van der Waals surface area contributed by atoms with Gasteiger partial charge >= 0.3 is 0 Å². The SMILES string of the molecule is Cc1cc(N2C(=O)c3ccc(N4CCC(N5CCN(c6ccc(Nc7nc(-c8ccnc(N9CCn%10c(cc%11c%10CC(C)(C)C%11)C9=O)c8CO)cn(C)c7=O)cc6C=CC(=O)NC=O)[C@@H](C)C5)C[C@H]4C)cc3C2=O)ccn1. The molecule has 2 saturated heterocycles. The van der Waals surface area contributed by atoms with Gasteiger partial charge in [-0.05, 0) is 124 Å². The van der Waals surface area contributed by atoms with Crippen LogP contribution in [0.15, 0.2) is 90.1 Å². The minimum Gasteiger partial charge on any atom is -0.392 e. The smallest absolute Gasteiger partial charge is 0.293 e. The van der Waals surface area contributed by atoms with E-state index in [9.17, 15) is 33.9 Å². The van der Waals surface area contributed by atoms with Gasteiger partial charge in [0.05, 0.1) is 29.1 Å². The van der Waals surface area contributed by atoms with E-state index in [-0.39, 0.29) is 41.0 Å². The van der Waals surface area contributed by atoms with Crippen molar-refractivity contribution in [3.63, 3.8) is 0 Å². The fourth-order valence-corrected chi connectivity index (χ4v) is 12.3. The zero-order chi connectivity index (χ0) is 54.0. The molecule has 4 aromatic heterocycles. The van der Waals surface area contributed by atoms with Crippen LogP contribution in [0.25, 0.3) is 17.3 Å². The Morgan fingerprint density at radius 3 is 2.40 bits per heavy atom. The first-order chi connectivity index (χ1) is 37.0. The van der Waals surface area contributed by atoms with Gasteiger partial charge < -0.3 is 29.4 Å². The maximum atomic E-state index is 14.1. The van der Waals surface area contributed by atoms with Gasteiger partial charge in [-0.15, -0.1) is 0 Å². The molecule has 0 bridgehead atoms. The summed E-state index contributed by atoms with van der Waals surface area (Å²) in [6.45, 7) is 14.3. The lowest BCUT2D eigenvalue weighted by atomic mass is 9.90. The summed E-state index contributed by atoms with van der Waals surface area (Å²) in [5, 5.41) is 16.3. The summed E-state index contributed by atoms with van der Waals surface area (Å²) in [7, 11) is 1.62. The molecule has 0 spiro atoms. The predicted octanol–water partition coefficient (Wildman–Crippen LogP) is 6.02. The van der Waals surface area contributed by atoms with Crippen LogP contribution in [0.2, 0.25) is 0 Å². The lowest BCUT2D eigenvalue weighted by molar-refractivity contribution is -0.121. The van der Waals surface area contributed by atoms with Gasteiger partial charge in [-0.25, -0.2) is 14.9 Å². The number of piperidine rings is 1. The normalized spacial score (nSPS) is 20.2. The minimum atomic E-state index is -0.586. The summed E-state index contributed by atoms with van der Waals surface area (Å²) in [4.78, 5) is 102. The molecule has 5 aliphatic rings. The Bertz CT molecular complexity index is 3510. The molecular formula is C58H62N12O7. The number of piperazine rings is 1. The van der Waals surface area contributed by atoms with E-state index >= 15 is 0 Å². The lowest BCUT2D eigenvalue weighted by Gasteiger charge is -2.48. The van der Waals surface area contributed by atoms with Crippen molar-refractivity contribution >= 4 is 70.5 Å². The quantitative estimate of drug-likeness (QED) is 0.0727. The van der Waals surface area contributed by atoms with Gasteiger partial charge in [-0.2, -0.15) is 0 Å². The van der Waals surface area contributed by atoms with Crippen LogP contribution in [0.4, 0.5) is 34.4 Å². The van der Waals surface area contributed by atoms with E-state index in [4.69, 9.17) is 4.98 Å². The van der Waals surface area contributed by atoms with E-state index < -0.39 is 18.1 Å². The van der Waals surface area contributed by atoms with Crippen LogP contribution in [-0.4, -0.2) is 115 Å². The second-order valence-corrected chi connectivity index (χ2v) is 21.8. The highest BCUT2D eigenvalue weighted by molar-refractivity contribution is 6.34. The molecule has 0 radical (unpaired) electrons. The Morgan fingerprint density at radius 1 is 0.831 bits per heavy atom. The van der Waals surface area contributed by atoms with Crippen molar-refractivity contribution in [2.45, 2.75) is 91.6 Å². The van der Waals surface area contributed by atoms with Crippen LogP contribution in [0.1, 0.15) is 99.8 Å². The highest BCUT2D eigenvalue weighted by atomic mass is 16.3. The van der Waals surface area contributed by atoms with E-state index in [1.165, 1.54) is 26.8 Å². The average molecular weight is 1040 g/mol. The number of carbonyl (C=O) groups excluding carboxylic acids is 5. The molecule has 1 unspecified atom stereocenters. The number of aliphatic hydroxyl groups excluding tert-OH is 1. The number of pyridine rings is 2. The summed E-state index contributed by atoms with van der Waals surface area (Å²) < 4.78 is 3.54. The number of hydrogen-bond donors (Lipinski definition) is 3. The van der Waals surface area contributed by atoms with Crippen molar-refractivity contribution in [3.8, 4) is 11.3 Å². The highest BCUT2D eigenvalue weighted by Gasteiger charge is 2.40. The Labute approximate surface area is 445 Å². The first-order valence-corrected chi connectivity index (χ1v) is 26.3. The molecule has 77 heavy (non-hydrogen) atoms. The molecule has 2 aromatic carbocycles. The summed E-state index contributed by atoms with van der Waals surface area (Å²) >= 11 is 0. The molecule has 5 amide bonds. The van der Waals surface area contributed by atoms with Crippen LogP contribution in [-0.2, 0) is 42.6 Å². The fourth-order valence-electron chi connectivity index (χ4n) is 12.3. The van der Waals surface area contributed by atoms with E-state index in [2.05, 4.69) is 67.6 Å². The summed E-state index contributed by atoms with van der Waals surface area (Å²) in [5.41, 5.74) is 9.08. The first-order valence-electron chi connectivity index (χ1n) is 26.3. The molecule has 396 valence electrons. The van der Waals surface area contributed by atoms with Crippen LogP contribution >= 0.6 is 0 Å². The number of imide groups is 2. The number of fused-ring (bicyclic) bond motifs is 4. The monoisotopic (exact) mass is 1040 g/mol.